The Morgan fingerprint density at radius 1 is 0.931 bits per heavy atom. The van der Waals surface area contributed by atoms with E-state index in [0.29, 0.717) is 23.6 Å². The second-order valence-electron chi connectivity index (χ2n) is 6.73. The van der Waals surface area contributed by atoms with Crippen molar-refractivity contribution in [3.05, 3.63) is 79.1 Å². The summed E-state index contributed by atoms with van der Waals surface area (Å²) in [5, 5.41) is 31.2. The second kappa shape index (κ2) is 7.75. The first-order valence-electron chi connectivity index (χ1n) is 9.04. The van der Waals surface area contributed by atoms with E-state index in [4.69, 9.17) is 4.74 Å². The van der Waals surface area contributed by atoms with Gasteiger partial charge in [-0.2, -0.15) is 0 Å². The fourth-order valence-electron chi connectivity index (χ4n) is 3.47. The lowest BCUT2D eigenvalue weighted by molar-refractivity contribution is 0.317. The number of aromatic hydroxyl groups is 3. The Morgan fingerprint density at radius 2 is 1.62 bits per heavy atom. The van der Waals surface area contributed by atoms with Gasteiger partial charge < -0.3 is 30.0 Å². The van der Waals surface area contributed by atoms with Gasteiger partial charge in [-0.15, -0.1) is 0 Å². The standard InChI is InChI=1S/C21H22N2O6/c1-4-29-16-8-12(5-6-13(16)24)19(18-11(3)23-17(27)9-15(18)26)20-14(25)7-10(2)22-21(20)28/h5-9,19,24H,4H2,1-3H3,(H2,22,25,28)(H2,23,26,27). The molecule has 8 nitrogen and oxygen atoms in total. The number of nitrogens with one attached hydrogen (secondary N) is 2. The van der Waals surface area contributed by atoms with Crippen LogP contribution in [0.2, 0.25) is 0 Å². The van der Waals surface area contributed by atoms with Crippen molar-refractivity contribution in [1.29, 1.82) is 0 Å². The molecule has 1 atom stereocenters. The van der Waals surface area contributed by atoms with Crippen molar-refractivity contribution in [2.45, 2.75) is 26.7 Å². The summed E-state index contributed by atoms with van der Waals surface area (Å²) in [7, 11) is 0. The van der Waals surface area contributed by atoms with E-state index >= 15 is 0 Å². The summed E-state index contributed by atoms with van der Waals surface area (Å²) in [6.45, 7) is 5.29. The number of hydrogen-bond donors (Lipinski definition) is 5. The van der Waals surface area contributed by atoms with Crippen LogP contribution in [0.3, 0.4) is 0 Å². The zero-order valence-electron chi connectivity index (χ0n) is 16.2. The first kappa shape index (κ1) is 20.1. The molecule has 3 rings (SSSR count). The van der Waals surface area contributed by atoms with Gasteiger partial charge in [0.1, 0.15) is 11.5 Å². The molecule has 2 heterocycles. The fraction of sp³-hybridized carbons (Fsp3) is 0.238. The molecule has 29 heavy (non-hydrogen) atoms. The SMILES string of the molecule is CCOc1cc(C(c2c(O)cc(=O)[nH]c2C)c2c(O)cc(C)[nH]c2=O)ccc1O. The van der Waals surface area contributed by atoms with Gasteiger partial charge in [-0.05, 0) is 44.5 Å². The molecule has 0 aliphatic carbocycles. The molecule has 2 aromatic heterocycles. The first-order chi connectivity index (χ1) is 13.7. The number of phenolic OH excluding ortho intramolecular Hbond substituents is 1. The summed E-state index contributed by atoms with van der Waals surface area (Å²) >= 11 is 0. The van der Waals surface area contributed by atoms with Gasteiger partial charge in [-0.25, -0.2) is 0 Å². The minimum Gasteiger partial charge on any atom is -0.507 e. The average molecular weight is 398 g/mol. The van der Waals surface area contributed by atoms with Crippen LogP contribution in [0, 0.1) is 13.8 Å². The van der Waals surface area contributed by atoms with E-state index in [0.717, 1.165) is 6.07 Å². The Kier molecular flexibility index (Phi) is 5.36. The molecule has 0 bridgehead atoms. The topological polar surface area (TPSA) is 136 Å². The van der Waals surface area contributed by atoms with Gasteiger partial charge in [0.25, 0.3) is 11.1 Å². The Balaban J connectivity index is 2.37. The smallest absolute Gasteiger partial charge is 0.256 e. The lowest BCUT2D eigenvalue weighted by atomic mass is 9.83. The van der Waals surface area contributed by atoms with Crippen LogP contribution in [-0.4, -0.2) is 31.9 Å². The van der Waals surface area contributed by atoms with Gasteiger partial charge in [-0.1, -0.05) is 6.07 Å². The molecule has 3 aromatic rings. The molecule has 0 aliphatic heterocycles. The second-order valence-corrected chi connectivity index (χ2v) is 6.73. The van der Waals surface area contributed by atoms with Crippen molar-refractivity contribution in [1.82, 2.24) is 9.97 Å². The van der Waals surface area contributed by atoms with Crippen molar-refractivity contribution in [3.63, 3.8) is 0 Å². The predicted octanol–water partition coefficient (Wildman–Crippen LogP) is 2.38. The van der Waals surface area contributed by atoms with Gasteiger partial charge in [0, 0.05) is 28.9 Å². The molecule has 5 N–H and O–H groups in total. The van der Waals surface area contributed by atoms with Crippen LogP contribution >= 0.6 is 0 Å². The van der Waals surface area contributed by atoms with Crippen LogP contribution < -0.4 is 15.9 Å². The van der Waals surface area contributed by atoms with Crippen molar-refractivity contribution in [2.24, 2.45) is 0 Å². The Morgan fingerprint density at radius 3 is 2.24 bits per heavy atom. The zero-order valence-corrected chi connectivity index (χ0v) is 16.2. The molecule has 0 aliphatic rings. The van der Waals surface area contributed by atoms with Crippen LogP contribution in [0.5, 0.6) is 23.0 Å². The van der Waals surface area contributed by atoms with Crippen LogP contribution in [-0.2, 0) is 0 Å². The predicted molar refractivity (Wildman–Crippen MR) is 107 cm³/mol. The van der Waals surface area contributed by atoms with Crippen LogP contribution in [0.25, 0.3) is 0 Å². The van der Waals surface area contributed by atoms with Gasteiger partial charge in [0.2, 0.25) is 0 Å². The summed E-state index contributed by atoms with van der Waals surface area (Å²) in [6, 6.07) is 6.92. The van der Waals surface area contributed by atoms with E-state index in [-0.39, 0.29) is 34.1 Å². The van der Waals surface area contributed by atoms with E-state index < -0.39 is 17.0 Å². The van der Waals surface area contributed by atoms with E-state index in [2.05, 4.69) is 9.97 Å². The van der Waals surface area contributed by atoms with Crippen molar-refractivity contribution in [3.8, 4) is 23.0 Å². The molecule has 8 heteroatoms. The molecule has 152 valence electrons. The third-order valence-electron chi connectivity index (χ3n) is 4.64. The van der Waals surface area contributed by atoms with E-state index in [1.165, 1.54) is 18.2 Å². The molecule has 1 aromatic carbocycles. The lowest BCUT2D eigenvalue weighted by Crippen LogP contribution is -2.21. The minimum absolute atomic E-state index is 0.00538. The largest absolute Gasteiger partial charge is 0.507 e. The van der Waals surface area contributed by atoms with Crippen LogP contribution in [0.1, 0.15) is 40.9 Å². The molecule has 0 amide bonds. The highest BCUT2D eigenvalue weighted by atomic mass is 16.5. The number of phenols is 1. The molecule has 0 saturated heterocycles. The lowest BCUT2D eigenvalue weighted by Gasteiger charge is -2.22. The number of benzene rings is 1. The number of hydrogen-bond acceptors (Lipinski definition) is 6. The van der Waals surface area contributed by atoms with Crippen molar-refractivity contribution in [2.75, 3.05) is 6.61 Å². The van der Waals surface area contributed by atoms with Crippen LogP contribution in [0.4, 0.5) is 0 Å². The molecule has 0 spiro atoms. The van der Waals surface area contributed by atoms with E-state index in [1.807, 2.05) is 0 Å². The quantitative estimate of drug-likeness (QED) is 0.448. The number of aromatic nitrogens is 2. The van der Waals surface area contributed by atoms with Crippen molar-refractivity contribution >= 4 is 0 Å². The Bertz CT molecular complexity index is 1150. The zero-order chi connectivity index (χ0) is 21.3. The average Bonchev–Trinajstić information content (AvgIpc) is 2.61. The number of aryl methyl sites for hydroxylation is 2. The summed E-state index contributed by atoms with van der Waals surface area (Å²) in [5.41, 5.74) is 0.496. The maximum absolute atomic E-state index is 12.8. The summed E-state index contributed by atoms with van der Waals surface area (Å²) < 4.78 is 5.44. The molecule has 0 fully saturated rings. The van der Waals surface area contributed by atoms with Crippen molar-refractivity contribution < 1.29 is 20.1 Å². The maximum Gasteiger partial charge on any atom is 0.256 e. The van der Waals surface area contributed by atoms with Gasteiger partial charge in [-0.3, -0.25) is 9.59 Å². The van der Waals surface area contributed by atoms with E-state index in [9.17, 15) is 24.9 Å². The number of rotatable bonds is 5. The summed E-state index contributed by atoms with van der Waals surface area (Å²) in [4.78, 5) is 29.8. The molecular weight excluding hydrogens is 376 g/mol. The van der Waals surface area contributed by atoms with Gasteiger partial charge in [0.15, 0.2) is 11.5 Å². The highest BCUT2D eigenvalue weighted by molar-refractivity contribution is 5.55. The normalized spacial score (nSPS) is 12.0. The Hall–Kier alpha value is -3.68. The molecular formula is C21H22N2O6. The number of H-pyrrole nitrogens is 2. The third kappa shape index (κ3) is 3.82. The third-order valence-corrected chi connectivity index (χ3v) is 4.64. The molecule has 0 radical (unpaired) electrons. The number of pyridine rings is 2. The Labute approximate surface area is 166 Å². The van der Waals surface area contributed by atoms with Gasteiger partial charge in [0.05, 0.1) is 12.2 Å². The summed E-state index contributed by atoms with van der Waals surface area (Å²) in [6.07, 6.45) is 0. The number of ether oxygens (including phenoxy) is 1. The van der Waals surface area contributed by atoms with E-state index in [1.54, 1.807) is 26.8 Å². The number of aromatic amines is 2. The monoisotopic (exact) mass is 398 g/mol. The maximum atomic E-state index is 12.8. The highest BCUT2D eigenvalue weighted by Gasteiger charge is 2.29. The highest BCUT2D eigenvalue weighted by Crippen LogP contribution is 2.41. The van der Waals surface area contributed by atoms with Crippen LogP contribution in [0.15, 0.2) is 39.9 Å². The molecule has 1 unspecified atom stereocenters. The van der Waals surface area contributed by atoms with Gasteiger partial charge >= 0.3 is 0 Å². The first-order valence-corrected chi connectivity index (χ1v) is 9.04. The summed E-state index contributed by atoms with van der Waals surface area (Å²) in [5.74, 6) is -1.40. The minimum atomic E-state index is -0.934. The fourth-order valence-corrected chi connectivity index (χ4v) is 3.47. The molecule has 0 saturated carbocycles.